The van der Waals surface area contributed by atoms with Crippen LogP contribution in [0.15, 0.2) is 18.3 Å². The molecule has 2 N–H and O–H groups in total. The van der Waals surface area contributed by atoms with Gasteiger partial charge in [-0.15, -0.1) is 0 Å². The molecule has 6 heteroatoms. The van der Waals surface area contributed by atoms with Crippen LogP contribution < -0.4 is 5.32 Å². The van der Waals surface area contributed by atoms with Gasteiger partial charge in [0.15, 0.2) is 0 Å². The standard InChI is InChI=1S/C13H19N3O3/c1-9(2)16(3)8-7-15-12(17)11-10(13(18)19)5-4-6-14-11/h4-6,9H,7-8H2,1-3H3,(H,15,17)(H,18,19). The highest BCUT2D eigenvalue weighted by Crippen LogP contribution is 2.05. The van der Waals surface area contributed by atoms with E-state index in [-0.39, 0.29) is 11.3 Å². The summed E-state index contributed by atoms with van der Waals surface area (Å²) < 4.78 is 0. The Morgan fingerprint density at radius 2 is 2.16 bits per heavy atom. The minimum absolute atomic E-state index is 0.0535. The molecule has 0 saturated carbocycles. The smallest absolute Gasteiger partial charge is 0.338 e. The Hall–Kier alpha value is -1.95. The third kappa shape index (κ3) is 4.33. The van der Waals surface area contributed by atoms with Crippen LogP contribution in [0.4, 0.5) is 0 Å². The maximum Gasteiger partial charge on any atom is 0.338 e. The third-order valence-electron chi connectivity index (χ3n) is 2.88. The number of nitrogens with zero attached hydrogens (tertiary/aromatic N) is 2. The number of carboxylic acid groups (broad SMARTS) is 1. The lowest BCUT2D eigenvalue weighted by atomic mass is 10.2. The number of nitrogens with one attached hydrogen (secondary N) is 1. The van der Waals surface area contributed by atoms with Crippen molar-refractivity contribution >= 4 is 11.9 Å². The van der Waals surface area contributed by atoms with E-state index in [0.717, 1.165) is 0 Å². The van der Waals surface area contributed by atoms with Gasteiger partial charge in [0, 0.05) is 25.3 Å². The summed E-state index contributed by atoms with van der Waals surface area (Å²) in [6.45, 7) is 5.26. The third-order valence-corrected chi connectivity index (χ3v) is 2.88. The number of carboxylic acids is 1. The summed E-state index contributed by atoms with van der Waals surface area (Å²) in [4.78, 5) is 28.7. The van der Waals surface area contributed by atoms with Gasteiger partial charge >= 0.3 is 5.97 Å². The molecule has 0 atom stereocenters. The number of hydrogen-bond donors (Lipinski definition) is 2. The van der Waals surface area contributed by atoms with Gasteiger partial charge in [0.25, 0.3) is 5.91 Å². The summed E-state index contributed by atoms with van der Waals surface area (Å²) >= 11 is 0. The van der Waals surface area contributed by atoms with Gasteiger partial charge in [-0.05, 0) is 33.0 Å². The predicted molar refractivity (Wildman–Crippen MR) is 71.3 cm³/mol. The lowest BCUT2D eigenvalue weighted by Crippen LogP contribution is -2.36. The van der Waals surface area contributed by atoms with Gasteiger partial charge in [-0.25, -0.2) is 4.79 Å². The summed E-state index contributed by atoms with van der Waals surface area (Å²) in [6.07, 6.45) is 1.40. The highest BCUT2D eigenvalue weighted by Gasteiger charge is 2.17. The lowest BCUT2D eigenvalue weighted by molar-refractivity contribution is 0.0690. The van der Waals surface area contributed by atoms with Crippen molar-refractivity contribution in [3.8, 4) is 0 Å². The Morgan fingerprint density at radius 1 is 1.47 bits per heavy atom. The second-order valence-corrected chi connectivity index (χ2v) is 4.53. The van der Waals surface area contributed by atoms with Crippen molar-refractivity contribution in [1.82, 2.24) is 15.2 Å². The molecule has 0 fully saturated rings. The van der Waals surface area contributed by atoms with Crippen LogP contribution in [0.2, 0.25) is 0 Å². The van der Waals surface area contributed by atoms with Gasteiger partial charge in [0.2, 0.25) is 0 Å². The molecule has 1 rings (SSSR count). The quantitative estimate of drug-likeness (QED) is 0.796. The lowest BCUT2D eigenvalue weighted by Gasteiger charge is -2.20. The van der Waals surface area contributed by atoms with Gasteiger partial charge in [0.1, 0.15) is 5.69 Å². The molecule has 1 heterocycles. The molecule has 1 amide bonds. The predicted octanol–water partition coefficient (Wildman–Crippen LogP) is 0.850. The Morgan fingerprint density at radius 3 is 2.74 bits per heavy atom. The van der Waals surface area contributed by atoms with Crippen molar-refractivity contribution in [1.29, 1.82) is 0 Å². The van der Waals surface area contributed by atoms with E-state index in [0.29, 0.717) is 19.1 Å². The zero-order valence-corrected chi connectivity index (χ0v) is 11.4. The Labute approximate surface area is 112 Å². The summed E-state index contributed by atoms with van der Waals surface area (Å²) in [5.74, 6) is -1.62. The van der Waals surface area contributed by atoms with Crippen LogP contribution >= 0.6 is 0 Å². The Balaban J connectivity index is 2.62. The molecule has 1 aromatic heterocycles. The number of amides is 1. The molecule has 104 valence electrons. The number of aromatic carboxylic acids is 1. The summed E-state index contributed by atoms with van der Waals surface area (Å²) in [5, 5.41) is 11.6. The second-order valence-electron chi connectivity index (χ2n) is 4.53. The number of carbonyl (C=O) groups is 2. The first kappa shape index (κ1) is 15.1. The van der Waals surface area contributed by atoms with E-state index < -0.39 is 11.9 Å². The summed E-state index contributed by atoms with van der Waals surface area (Å²) in [7, 11) is 1.96. The SMILES string of the molecule is CC(C)N(C)CCNC(=O)c1ncccc1C(=O)O. The maximum absolute atomic E-state index is 11.9. The number of carbonyl (C=O) groups excluding carboxylic acids is 1. The molecule has 0 bridgehead atoms. The van der Waals surface area contributed by atoms with Gasteiger partial charge < -0.3 is 15.3 Å². The normalized spacial score (nSPS) is 10.8. The van der Waals surface area contributed by atoms with E-state index in [4.69, 9.17) is 5.11 Å². The Bertz CT molecular complexity index is 460. The number of hydrogen-bond acceptors (Lipinski definition) is 4. The van der Waals surface area contributed by atoms with Crippen molar-refractivity contribution in [2.24, 2.45) is 0 Å². The van der Waals surface area contributed by atoms with Gasteiger partial charge in [-0.3, -0.25) is 9.78 Å². The van der Waals surface area contributed by atoms with E-state index in [1.807, 2.05) is 7.05 Å². The molecule has 6 nitrogen and oxygen atoms in total. The molecular formula is C13H19N3O3. The topological polar surface area (TPSA) is 82.5 Å². The average Bonchev–Trinajstić information content (AvgIpc) is 2.38. The number of likely N-dealkylation sites (N-methyl/N-ethyl adjacent to an activating group) is 1. The van der Waals surface area contributed by atoms with Gasteiger partial charge in [-0.1, -0.05) is 0 Å². The highest BCUT2D eigenvalue weighted by molar-refractivity contribution is 6.03. The van der Waals surface area contributed by atoms with Crippen molar-refractivity contribution < 1.29 is 14.7 Å². The van der Waals surface area contributed by atoms with Crippen LogP contribution in [-0.2, 0) is 0 Å². The van der Waals surface area contributed by atoms with Crippen LogP contribution in [0.1, 0.15) is 34.7 Å². The van der Waals surface area contributed by atoms with E-state index in [1.165, 1.54) is 18.3 Å². The van der Waals surface area contributed by atoms with Crippen LogP contribution in [0.3, 0.4) is 0 Å². The minimum Gasteiger partial charge on any atom is -0.478 e. The van der Waals surface area contributed by atoms with Crippen molar-refractivity contribution in [2.75, 3.05) is 20.1 Å². The molecule has 0 saturated heterocycles. The molecule has 0 aliphatic rings. The summed E-state index contributed by atoms with van der Waals surface area (Å²) in [6, 6.07) is 3.25. The average molecular weight is 265 g/mol. The monoisotopic (exact) mass is 265 g/mol. The first-order chi connectivity index (χ1) is 8.93. The van der Waals surface area contributed by atoms with Crippen molar-refractivity contribution in [3.63, 3.8) is 0 Å². The number of pyridine rings is 1. The Kier molecular flexibility index (Phi) is 5.44. The first-order valence-corrected chi connectivity index (χ1v) is 6.10. The fourth-order valence-electron chi connectivity index (χ4n) is 1.45. The second kappa shape index (κ2) is 6.84. The van der Waals surface area contributed by atoms with Gasteiger partial charge in [0.05, 0.1) is 5.56 Å². The molecular weight excluding hydrogens is 246 g/mol. The fourth-order valence-corrected chi connectivity index (χ4v) is 1.45. The molecule has 0 radical (unpaired) electrons. The van der Waals surface area contributed by atoms with Gasteiger partial charge in [-0.2, -0.15) is 0 Å². The summed E-state index contributed by atoms with van der Waals surface area (Å²) in [5.41, 5.74) is -0.139. The van der Waals surface area contributed by atoms with E-state index in [1.54, 1.807) is 0 Å². The maximum atomic E-state index is 11.9. The molecule has 0 spiro atoms. The number of rotatable bonds is 6. The van der Waals surface area contributed by atoms with Crippen LogP contribution in [0, 0.1) is 0 Å². The minimum atomic E-state index is -1.16. The number of aromatic nitrogens is 1. The van der Waals surface area contributed by atoms with E-state index >= 15 is 0 Å². The van der Waals surface area contributed by atoms with Crippen LogP contribution in [-0.4, -0.2) is 53.0 Å². The zero-order valence-electron chi connectivity index (χ0n) is 11.4. The molecule has 0 aliphatic heterocycles. The van der Waals surface area contributed by atoms with Crippen LogP contribution in [0.5, 0.6) is 0 Å². The largest absolute Gasteiger partial charge is 0.478 e. The molecule has 19 heavy (non-hydrogen) atoms. The first-order valence-electron chi connectivity index (χ1n) is 6.10. The molecule has 1 aromatic rings. The molecule has 0 unspecified atom stereocenters. The molecule has 0 aliphatic carbocycles. The van der Waals surface area contributed by atoms with E-state index in [2.05, 4.69) is 29.0 Å². The fraction of sp³-hybridized carbons (Fsp3) is 0.462. The van der Waals surface area contributed by atoms with Crippen molar-refractivity contribution in [2.45, 2.75) is 19.9 Å². The highest BCUT2D eigenvalue weighted by atomic mass is 16.4. The van der Waals surface area contributed by atoms with Crippen LogP contribution in [0.25, 0.3) is 0 Å². The van der Waals surface area contributed by atoms with E-state index in [9.17, 15) is 9.59 Å². The molecule has 0 aromatic carbocycles. The van der Waals surface area contributed by atoms with Crippen molar-refractivity contribution in [3.05, 3.63) is 29.6 Å². The zero-order chi connectivity index (χ0) is 14.4.